The SMILES string of the molecule is CCOC(=O)c1cnn(-c2ccc(NC(=O)C3CCN(C(=O)/C=C/c4ccccc4)CC3)cc2)c1C. The Hall–Kier alpha value is -4.20. The van der Waals surface area contributed by atoms with Gasteiger partial charge in [-0.15, -0.1) is 0 Å². The number of carbonyl (C=O) groups excluding carboxylic acids is 3. The third-order valence-corrected chi connectivity index (χ3v) is 6.28. The maximum atomic E-state index is 12.8. The number of ether oxygens (including phenoxy) is 1. The maximum Gasteiger partial charge on any atom is 0.341 e. The lowest BCUT2D eigenvalue weighted by Gasteiger charge is -2.30. The molecule has 0 aliphatic carbocycles. The molecule has 1 fully saturated rings. The zero-order chi connectivity index (χ0) is 25.5. The average Bonchev–Trinajstić information content (AvgIpc) is 3.29. The Morgan fingerprint density at radius 1 is 1.06 bits per heavy atom. The smallest absolute Gasteiger partial charge is 0.341 e. The molecule has 2 heterocycles. The number of amides is 2. The van der Waals surface area contributed by atoms with E-state index in [1.54, 1.807) is 22.6 Å². The first kappa shape index (κ1) is 24.9. The van der Waals surface area contributed by atoms with Crippen LogP contribution >= 0.6 is 0 Å². The van der Waals surface area contributed by atoms with Crippen molar-refractivity contribution in [2.75, 3.05) is 25.0 Å². The number of nitrogens with one attached hydrogen (secondary N) is 1. The summed E-state index contributed by atoms with van der Waals surface area (Å²) < 4.78 is 6.73. The van der Waals surface area contributed by atoms with Crippen LogP contribution in [0.25, 0.3) is 11.8 Å². The number of rotatable bonds is 7. The largest absolute Gasteiger partial charge is 0.462 e. The van der Waals surface area contributed by atoms with Crippen LogP contribution in [0.2, 0.25) is 0 Å². The molecule has 1 aliphatic rings. The Bertz CT molecular complexity index is 1240. The fourth-order valence-electron chi connectivity index (χ4n) is 4.21. The number of anilines is 1. The number of piperidine rings is 1. The number of carbonyl (C=O) groups is 3. The summed E-state index contributed by atoms with van der Waals surface area (Å²) in [4.78, 5) is 39.1. The summed E-state index contributed by atoms with van der Waals surface area (Å²) in [6.45, 7) is 4.98. The molecule has 4 rings (SSSR count). The highest BCUT2D eigenvalue weighted by atomic mass is 16.5. The number of esters is 1. The molecule has 3 aromatic rings. The highest BCUT2D eigenvalue weighted by Crippen LogP contribution is 2.22. The van der Waals surface area contributed by atoms with E-state index in [4.69, 9.17) is 4.74 Å². The molecule has 0 bridgehead atoms. The summed E-state index contributed by atoms with van der Waals surface area (Å²) in [7, 11) is 0. The number of likely N-dealkylation sites (tertiary alicyclic amines) is 1. The fraction of sp³-hybridized carbons (Fsp3) is 0.286. The van der Waals surface area contributed by atoms with Crippen molar-refractivity contribution in [2.45, 2.75) is 26.7 Å². The number of aromatic nitrogens is 2. The standard InChI is InChI=1S/C28H30N4O4/c1-3-36-28(35)25-19-29-32(20(25)2)24-12-10-23(11-13-24)30-27(34)22-15-17-31(18-16-22)26(33)14-9-21-7-5-4-6-8-21/h4-14,19,22H,3,15-18H2,1-2H3,(H,30,34)/b14-9+. The minimum Gasteiger partial charge on any atom is -0.462 e. The summed E-state index contributed by atoms with van der Waals surface area (Å²) >= 11 is 0. The minimum atomic E-state index is -0.398. The Morgan fingerprint density at radius 3 is 2.42 bits per heavy atom. The molecule has 1 aromatic heterocycles. The zero-order valence-electron chi connectivity index (χ0n) is 20.5. The van der Waals surface area contributed by atoms with Crippen molar-refractivity contribution in [3.63, 3.8) is 0 Å². The second kappa shape index (κ2) is 11.5. The van der Waals surface area contributed by atoms with E-state index in [0.29, 0.717) is 49.5 Å². The normalized spacial score (nSPS) is 14.1. The van der Waals surface area contributed by atoms with Gasteiger partial charge in [-0.3, -0.25) is 9.59 Å². The lowest BCUT2D eigenvalue weighted by molar-refractivity contribution is -0.130. The molecule has 0 radical (unpaired) electrons. The Morgan fingerprint density at radius 2 is 1.75 bits per heavy atom. The van der Waals surface area contributed by atoms with E-state index >= 15 is 0 Å². The van der Waals surface area contributed by atoms with Crippen molar-refractivity contribution in [3.05, 3.63) is 83.7 Å². The van der Waals surface area contributed by atoms with Gasteiger partial charge in [0.2, 0.25) is 11.8 Å². The van der Waals surface area contributed by atoms with Gasteiger partial charge in [-0.25, -0.2) is 9.48 Å². The molecular formula is C28H30N4O4. The topological polar surface area (TPSA) is 93.5 Å². The van der Waals surface area contributed by atoms with Crippen LogP contribution in [-0.2, 0) is 14.3 Å². The van der Waals surface area contributed by atoms with Gasteiger partial charge < -0.3 is 15.0 Å². The molecule has 1 aliphatic heterocycles. The van der Waals surface area contributed by atoms with Gasteiger partial charge in [-0.2, -0.15) is 5.10 Å². The van der Waals surface area contributed by atoms with Crippen molar-refractivity contribution in [1.29, 1.82) is 0 Å². The molecule has 0 spiro atoms. The second-order valence-corrected chi connectivity index (χ2v) is 8.66. The molecule has 36 heavy (non-hydrogen) atoms. The number of hydrogen-bond donors (Lipinski definition) is 1. The van der Waals surface area contributed by atoms with Crippen LogP contribution in [0.5, 0.6) is 0 Å². The summed E-state index contributed by atoms with van der Waals surface area (Å²) in [6, 6.07) is 17.0. The van der Waals surface area contributed by atoms with E-state index in [1.807, 2.05) is 67.6 Å². The first-order valence-corrected chi connectivity index (χ1v) is 12.1. The Kier molecular flexibility index (Phi) is 7.95. The van der Waals surface area contributed by atoms with Crippen LogP contribution in [0, 0.1) is 12.8 Å². The van der Waals surface area contributed by atoms with Crippen molar-refractivity contribution in [2.24, 2.45) is 5.92 Å². The van der Waals surface area contributed by atoms with E-state index in [0.717, 1.165) is 11.3 Å². The van der Waals surface area contributed by atoms with Crippen LogP contribution in [-0.4, -0.2) is 52.2 Å². The van der Waals surface area contributed by atoms with E-state index in [2.05, 4.69) is 10.4 Å². The average molecular weight is 487 g/mol. The van der Waals surface area contributed by atoms with Gasteiger partial charge in [0.05, 0.1) is 24.2 Å². The predicted octanol–water partition coefficient (Wildman–Crippen LogP) is 4.25. The monoisotopic (exact) mass is 486 g/mol. The fourth-order valence-corrected chi connectivity index (χ4v) is 4.21. The van der Waals surface area contributed by atoms with Crippen molar-refractivity contribution in [3.8, 4) is 5.69 Å². The van der Waals surface area contributed by atoms with E-state index in [-0.39, 0.29) is 17.7 Å². The summed E-state index contributed by atoms with van der Waals surface area (Å²) in [6.07, 6.45) is 6.15. The first-order valence-electron chi connectivity index (χ1n) is 12.1. The second-order valence-electron chi connectivity index (χ2n) is 8.66. The Labute approximate surface area is 210 Å². The molecule has 8 nitrogen and oxygen atoms in total. The van der Waals surface area contributed by atoms with Crippen LogP contribution < -0.4 is 5.32 Å². The maximum absolute atomic E-state index is 12.8. The molecule has 1 N–H and O–H groups in total. The molecule has 0 saturated carbocycles. The minimum absolute atomic E-state index is 0.0340. The van der Waals surface area contributed by atoms with Crippen LogP contribution in [0.4, 0.5) is 5.69 Å². The highest BCUT2D eigenvalue weighted by molar-refractivity contribution is 5.94. The first-order chi connectivity index (χ1) is 17.5. The van der Waals surface area contributed by atoms with Gasteiger partial charge in [-0.05, 0) is 62.6 Å². The summed E-state index contributed by atoms with van der Waals surface area (Å²) in [5, 5.41) is 7.27. The van der Waals surface area contributed by atoms with Crippen molar-refractivity contribution >= 4 is 29.5 Å². The van der Waals surface area contributed by atoms with Crippen LogP contribution in [0.3, 0.4) is 0 Å². The third-order valence-electron chi connectivity index (χ3n) is 6.28. The molecule has 2 aromatic carbocycles. The van der Waals surface area contributed by atoms with Crippen LogP contribution in [0.1, 0.15) is 41.4 Å². The van der Waals surface area contributed by atoms with E-state index < -0.39 is 5.97 Å². The van der Waals surface area contributed by atoms with Gasteiger partial charge in [0.15, 0.2) is 0 Å². The van der Waals surface area contributed by atoms with E-state index in [9.17, 15) is 14.4 Å². The molecular weight excluding hydrogens is 456 g/mol. The van der Waals surface area contributed by atoms with E-state index in [1.165, 1.54) is 6.20 Å². The van der Waals surface area contributed by atoms with Gasteiger partial charge in [0.1, 0.15) is 5.56 Å². The van der Waals surface area contributed by atoms with Crippen molar-refractivity contribution in [1.82, 2.24) is 14.7 Å². The molecule has 2 amide bonds. The molecule has 8 heteroatoms. The molecule has 0 unspecified atom stereocenters. The lowest BCUT2D eigenvalue weighted by Crippen LogP contribution is -2.40. The van der Waals surface area contributed by atoms with Gasteiger partial charge in [0, 0.05) is 30.8 Å². The molecule has 186 valence electrons. The van der Waals surface area contributed by atoms with Crippen LogP contribution in [0.15, 0.2) is 66.9 Å². The molecule has 0 atom stereocenters. The lowest BCUT2D eigenvalue weighted by atomic mass is 9.95. The quantitative estimate of drug-likeness (QED) is 0.398. The zero-order valence-corrected chi connectivity index (χ0v) is 20.5. The summed E-state index contributed by atoms with van der Waals surface area (Å²) in [5.41, 5.74) is 3.55. The van der Waals surface area contributed by atoms with Crippen molar-refractivity contribution < 1.29 is 19.1 Å². The summed E-state index contributed by atoms with van der Waals surface area (Å²) in [5.74, 6) is -0.625. The van der Waals surface area contributed by atoms with Gasteiger partial charge in [0.25, 0.3) is 0 Å². The predicted molar refractivity (Wildman–Crippen MR) is 138 cm³/mol. The molecule has 1 saturated heterocycles. The number of benzene rings is 2. The van der Waals surface area contributed by atoms with Gasteiger partial charge in [-0.1, -0.05) is 30.3 Å². The number of nitrogens with zero attached hydrogens (tertiary/aromatic N) is 3. The highest BCUT2D eigenvalue weighted by Gasteiger charge is 2.26. The Balaban J connectivity index is 1.29. The third kappa shape index (κ3) is 5.89. The number of hydrogen-bond acceptors (Lipinski definition) is 5. The van der Waals surface area contributed by atoms with Gasteiger partial charge >= 0.3 is 5.97 Å².